The summed E-state index contributed by atoms with van der Waals surface area (Å²) in [6.45, 7) is 2.06. The van der Waals surface area contributed by atoms with Crippen molar-refractivity contribution in [3.8, 4) is 0 Å². The van der Waals surface area contributed by atoms with Gasteiger partial charge in [-0.1, -0.05) is 0 Å². The average molecular weight is 286 g/mol. The number of rotatable bonds is 3. The quantitative estimate of drug-likeness (QED) is 0.930. The van der Waals surface area contributed by atoms with Crippen LogP contribution < -0.4 is 5.32 Å². The molecule has 0 bridgehead atoms. The van der Waals surface area contributed by atoms with Gasteiger partial charge in [-0.05, 0) is 53.0 Å². The van der Waals surface area contributed by atoms with Crippen molar-refractivity contribution in [1.82, 2.24) is 5.32 Å². The Balaban J connectivity index is 2.41. The summed E-state index contributed by atoms with van der Waals surface area (Å²) in [6.07, 6.45) is 1.73. The van der Waals surface area contributed by atoms with E-state index in [-0.39, 0.29) is 6.04 Å². The molecule has 0 aliphatic rings. The molecule has 2 rings (SSSR count). The summed E-state index contributed by atoms with van der Waals surface area (Å²) in [5, 5.41) is 5.35. The Kier molecular flexibility index (Phi) is 3.29. The monoisotopic (exact) mass is 285 g/mol. The van der Waals surface area contributed by atoms with Crippen LogP contribution in [0.5, 0.6) is 0 Å². The van der Waals surface area contributed by atoms with Crippen molar-refractivity contribution in [3.63, 3.8) is 0 Å². The lowest BCUT2D eigenvalue weighted by Crippen LogP contribution is -2.17. The Morgan fingerprint density at radius 3 is 2.73 bits per heavy atom. The summed E-state index contributed by atoms with van der Waals surface area (Å²) < 4.78 is 6.65. The van der Waals surface area contributed by atoms with Gasteiger partial charge in [0.05, 0.1) is 6.26 Å². The molecule has 0 radical (unpaired) electrons. The van der Waals surface area contributed by atoms with E-state index in [0.717, 1.165) is 10.2 Å². The van der Waals surface area contributed by atoms with Crippen LogP contribution in [-0.4, -0.2) is 7.05 Å². The summed E-state index contributed by atoms with van der Waals surface area (Å²) in [5.41, 5.74) is 1.18. The lowest BCUT2D eigenvalue weighted by atomic mass is 10.1. The molecule has 0 aliphatic carbocycles. The van der Waals surface area contributed by atoms with Crippen molar-refractivity contribution in [3.05, 3.63) is 44.4 Å². The standard InChI is InChI=1S/C11H12BrNOS/c1-7-3-5-14-10(7)9(13-2)11-8(12)4-6-15-11/h3-6,9,13H,1-2H3. The second-order valence-corrected chi connectivity index (χ2v) is 5.12. The molecule has 0 aliphatic heterocycles. The fourth-order valence-electron chi connectivity index (χ4n) is 1.57. The van der Waals surface area contributed by atoms with Gasteiger partial charge in [0, 0.05) is 9.35 Å². The molecule has 2 aromatic heterocycles. The average Bonchev–Trinajstić information content (AvgIpc) is 2.80. The highest BCUT2D eigenvalue weighted by molar-refractivity contribution is 9.10. The van der Waals surface area contributed by atoms with Gasteiger partial charge in [-0.25, -0.2) is 0 Å². The number of furan rings is 1. The highest BCUT2D eigenvalue weighted by Gasteiger charge is 2.20. The zero-order valence-electron chi connectivity index (χ0n) is 8.58. The summed E-state index contributed by atoms with van der Waals surface area (Å²) in [4.78, 5) is 1.25. The number of thiophene rings is 1. The third kappa shape index (κ3) is 2.02. The maximum absolute atomic E-state index is 5.52. The minimum atomic E-state index is 0.134. The first-order valence-corrected chi connectivity index (χ1v) is 6.35. The van der Waals surface area contributed by atoms with E-state index in [1.165, 1.54) is 10.4 Å². The highest BCUT2D eigenvalue weighted by atomic mass is 79.9. The predicted octanol–water partition coefficient (Wildman–Crippen LogP) is 3.72. The molecular weight excluding hydrogens is 274 g/mol. The van der Waals surface area contributed by atoms with Gasteiger partial charge < -0.3 is 9.73 Å². The molecule has 15 heavy (non-hydrogen) atoms. The topological polar surface area (TPSA) is 25.2 Å². The van der Waals surface area contributed by atoms with Gasteiger partial charge in [0.1, 0.15) is 11.8 Å². The van der Waals surface area contributed by atoms with Crippen LogP contribution in [0.25, 0.3) is 0 Å². The van der Waals surface area contributed by atoms with Gasteiger partial charge >= 0.3 is 0 Å². The zero-order chi connectivity index (χ0) is 10.8. The van der Waals surface area contributed by atoms with Crippen LogP contribution in [0.2, 0.25) is 0 Å². The molecule has 2 heterocycles. The van der Waals surface area contributed by atoms with Crippen LogP contribution in [0.3, 0.4) is 0 Å². The maximum atomic E-state index is 5.52. The third-order valence-electron chi connectivity index (χ3n) is 2.36. The molecule has 1 unspecified atom stereocenters. The number of hydrogen-bond acceptors (Lipinski definition) is 3. The molecule has 0 saturated carbocycles. The minimum absolute atomic E-state index is 0.134. The first kappa shape index (κ1) is 10.9. The normalized spacial score (nSPS) is 13.0. The Bertz CT molecular complexity index is 409. The molecule has 4 heteroatoms. The molecule has 1 N–H and O–H groups in total. The van der Waals surface area contributed by atoms with Crippen LogP contribution in [0, 0.1) is 6.92 Å². The Morgan fingerprint density at radius 1 is 1.47 bits per heavy atom. The number of hydrogen-bond donors (Lipinski definition) is 1. The fraction of sp³-hybridized carbons (Fsp3) is 0.273. The molecule has 0 amide bonds. The number of halogens is 1. The third-order valence-corrected chi connectivity index (χ3v) is 4.30. The van der Waals surface area contributed by atoms with E-state index >= 15 is 0 Å². The van der Waals surface area contributed by atoms with Crippen molar-refractivity contribution in [2.75, 3.05) is 7.05 Å². The smallest absolute Gasteiger partial charge is 0.128 e. The SMILES string of the molecule is CNC(c1occc1C)c1sccc1Br. The molecule has 0 saturated heterocycles. The van der Waals surface area contributed by atoms with Crippen molar-refractivity contribution < 1.29 is 4.42 Å². The van der Waals surface area contributed by atoms with E-state index in [0.29, 0.717) is 0 Å². The van der Waals surface area contributed by atoms with Crippen molar-refractivity contribution >= 4 is 27.3 Å². The first-order valence-electron chi connectivity index (χ1n) is 4.68. The first-order chi connectivity index (χ1) is 7.24. The Morgan fingerprint density at radius 2 is 2.27 bits per heavy atom. The maximum Gasteiger partial charge on any atom is 0.128 e. The van der Waals surface area contributed by atoms with E-state index < -0.39 is 0 Å². The van der Waals surface area contributed by atoms with Gasteiger partial charge in [-0.3, -0.25) is 0 Å². The minimum Gasteiger partial charge on any atom is -0.467 e. The largest absolute Gasteiger partial charge is 0.467 e. The van der Waals surface area contributed by atoms with Gasteiger partial charge in [0.25, 0.3) is 0 Å². The van der Waals surface area contributed by atoms with Gasteiger partial charge in [-0.15, -0.1) is 11.3 Å². The van der Waals surface area contributed by atoms with E-state index in [1.807, 2.05) is 13.1 Å². The van der Waals surface area contributed by atoms with E-state index in [9.17, 15) is 0 Å². The van der Waals surface area contributed by atoms with Crippen molar-refractivity contribution in [1.29, 1.82) is 0 Å². The lowest BCUT2D eigenvalue weighted by Gasteiger charge is -2.13. The summed E-state index contributed by atoms with van der Waals surface area (Å²) in [5.74, 6) is 0.987. The van der Waals surface area contributed by atoms with Crippen LogP contribution in [0.4, 0.5) is 0 Å². The molecule has 80 valence electrons. The molecule has 1 atom stereocenters. The van der Waals surface area contributed by atoms with Gasteiger partial charge in [0.15, 0.2) is 0 Å². The molecule has 2 nitrogen and oxygen atoms in total. The zero-order valence-corrected chi connectivity index (χ0v) is 11.0. The molecule has 0 aromatic carbocycles. The molecule has 2 aromatic rings. The van der Waals surface area contributed by atoms with Crippen molar-refractivity contribution in [2.45, 2.75) is 13.0 Å². The van der Waals surface area contributed by atoms with Crippen LogP contribution >= 0.6 is 27.3 Å². The Hall–Kier alpha value is -0.580. The molecule has 0 spiro atoms. The Labute approximate surface area is 101 Å². The fourth-order valence-corrected chi connectivity index (χ4v) is 3.28. The van der Waals surface area contributed by atoms with Gasteiger partial charge in [-0.2, -0.15) is 0 Å². The second kappa shape index (κ2) is 4.51. The number of aryl methyl sites for hydroxylation is 1. The molecular formula is C11H12BrNOS. The van der Waals surface area contributed by atoms with E-state index in [2.05, 4.69) is 39.6 Å². The summed E-state index contributed by atoms with van der Waals surface area (Å²) in [6, 6.07) is 4.18. The van der Waals surface area contributed by atoms with Crippen LogP contribution in [0.15, 0.2) is 32.7 Å². The lowest BCUT2D eigenvalue weighted by molar-refractivity contribution is 0.463. The highest BCUT2D eigenvalue weighted by Crippen LogP contribution is 2.34. The van der Waals surface area contributed by atoms with Crippen LogP contribution in [0.1, 0.15) is 22.2 Å². The van der Waals surface area contributed by atoms with Crippen molar-refractivity contribution in [2.24, 2.45) is 0 Å². The van der Waals surface area contributed by atoms with E-state index in [1.54, 1.807) is 17.6 Å². The number of nitrogens with one attached hydrogen (secondary N) is 1. The second-order valence-electron chi connectivity index (χ2n) is 3.32. The summed E-state index contributed by atoms with van der Waals surface area (Å²) in [7, 11) is 1.94. The van der Waals surface area contributed by atoms with E-state index in [4.69, 9.17) is 4.42 Å². The summed E-state index contributed by atoms with van der Waals surface area (Å²) >= 11 is 5.27. The van der Waals surface area contributed by atoms with Crippen LogP contribution in [-0.2, 0) is 0 Å². The van der Waals surface area contributed by atoms with Gasteiger partial charge in [0.2, 0.25) is 0 Å². The molecule has 0 fully saturated rings. The predicted molar refractivity (Wildman–Crippen MR) is 66.4 cm³/mol.